The van der Waals surface area contributed by atoms with Crippen molar-refractivity contribution in [1.29, 1.82) is 0 Å². The fraction of sp³-hybridized carbons (Fsp3) is 0. The molecule has 0 amide bonds. The van der Waals surface area contributed by atoms with Crippen LogP contribution in [0.15, 0.2) is 0 Å². The Kier molecular flexibility index (Phi) is 24.4. The summed E-state index contributed by atoms with van der Waals surface area (Å²) in [7, 11) is 0. The Morgan fingerprint density at radius 1 is 1.67 bits per heavy atom. The molecule has 0 aromatic rings. The van der Waals surface area contributed by atoms with E-state index in [9.17, 15) is 0 Å². The van der Waals surface area contributed by atoms with Crippen LogP contribution in [-0.2, 0) is 19.5 Å². The minimum absolute atomic E-state index is 0. The molecule has 0 spiro atoms. The van der Waals surface area contributed by atoms with Crippen molar-refractivity contribution in [2.24, 2.45) is 0 Å². The summed E-state index contributed by atoms with van der Waals surface area (Å²) in [6.07, 6.45) is 0. The number of hydrogen-bond donors (Lipinski definition) is 1. The van der Waals surface area contributed by atoms with E-state index >= 15 is 0 Å². The maximum Gasteiger partial charge on any atom is 0 e. The molecule has 0 saturated carbocycles. The van der Waals surface area contributed by atoms with Crippen molar-refractivity contribution < 1.29 is 29.8 Å². The van der Waals surface area contributed by atoms with E-state index < -0.39 is 5.09 Å². The van der Waals surface area contributed by atoms with Crippen LogP contribution in [0.25, 0.3) is 0 Å². The van der Waals surface area contributed by atoms with Crippen molar-refractivity contribution in [3.63, 3.8) is 0 Å². The van der Waals surface area contributed by atoms with Gasteiger partial charge in [0.15, 0.2) is 0 Å². The summed E-state index contributed by atoms with van der Waals surface area (Å²) >= 11 is 0. The summed E-state index contributed by atoms with van der Waals surface area (Å²) in [6, 6.07) is 0. The molecule has 0 aliphatic heterocycles. The normalized spacial score (nSPS) is 4.00. The van der Waals surface area contributed by atoms with Crippen LogP contribution in [0.4, 0.5) is 0 Å². The monoisotopic (exact) mass is 337 g/mol. The van der Waals surface area contributed by atoms with E-state index in [2.05, 4.69) is 0 Å². The summed E-state index contributed by atoms with van der Waals surface area (Å²) in [5, 5.41) is 13.6. The van der Waals surface area contributed by atoms with Gasteiger partial charge >= 0.3 is 27.3 Å². The van der Waals surface area contributed by atoms with Gasteiger partial charge in [-0.05, 0) is 0 Å². The van der Waals surface area contributed by atoms with Gasteiger partial charge in [0.05, 0.1) is 0 Å². The van der Waals surface area contributed by atoms with E-state index in [4.69, 9.17) is 15.3 Å². The Hall–Kier alpha value is 0.745. The molecular formula is H3NO3PbZn. The molecule has 0 fully saturated rings. The molecule has 2 radical (unpaired) electrons. The minimum atomic E-state index is -1.50. The Morgan fingerprint density at radius 2 is 1.67 bits per heavy atom. The molecule has 0 unspecified atom stereocenters. The first kappa shape index (κ1) is 15.9. The molecule has 1 N–H and O–H groups in total. The molecule has 0 heterocycles. The molecule has 0 atom stereocenters. The van der Waals surface area contributed by atoms with Crippen LogP contribution in [0.1, 0.15) is 0 Å². The second kappa shape index (κ2) is 9.22. The Labute approximate surface area is 66.9 Å². The third-order valence-electron chi connectivity index (χ3n) is 0. The maximum atomic E-state index is 8.36. The first-order valence-electron chi connectivity index (χ1n) is 0.565. The zero-order chi connectivity index (χ0) is 3.58. The Balaban J connectivity index is -0.0000000450. The zero-order valence-corrected chi connectivity index (χ0v) is 11.6. The summed E-state index contributed by atoms with van der Waals surface area (Å²) < 4.78 is 0. The molecule has 0 aliphatic rings. The van der Waals surface area contributed by atoms with Crippen molar-refractivity contribution in [3.8, 4) is 0 Å². The van der Waals surface area contributed by atoms with Gasteiger partial charge in [-0.3, -0.25) is 0 Å². The van der Waals surface area contributed by atoms with Crippen molar-refractivity contribution >= 4 is 27.3 Å². The average molecular weight is 338 g/mol. The summed E-state index contributed by atoms with van der Waals surface area (Å²) in [5.41, 5.74) is 0. The van der Waals surface area contributed by atoms with Gasteiger partial charge in [-0.1, -0.05) is 0 Å². The molecule has 6 heavy (non-hydrogen) atoms. The third-order valence-corrected chi connectivity index (χ3v) is 0. The Morgan fingerprint density at radius 3 is 1.67 bits per heavy atom. The fourth-order valence-electron chi connectivity index (χ4n) is 0. The largest absolute Gasteiger partial charge is 0 e. The molecule has 0 saturated heterocycles. The average Bonchev–Trinajstić information content (AvgIpc) is 0.811. The van der Waals surface area contributed by atoms with Crippen molar-refractivity contribution in [3.05, 3.63) is 10.1 Å². The van der Waals surface area contributed by atoms with Crippen LogP contribution in [-0.4, -0.2) is 37.6 Å². The molecule has 0 aromatic heterocycles. The van der Waals surface area contributed by atoms with Crippen LogP contribution in [0.3, 0.4) is 0 Å². The SMILES string of the molecule is O=[N+]([O-])O.[PbH2].[Zn]. The van der Waals surface area contributed by atoms with Crippen LogP contribution in [0.2, 0.25) is 0 Å². The first-order valence-corrected chi connectivity index (χ1v) is 0.565. The van der Waals surface area contributed by atoms with Crippen LogP contribution < -0.4 is 0 Å². The standard InChI is InChI=1S/HNO3.Pb.Zn.2H/c2-1(3)4;;;;/h(H,2,3,4);;;;. The minimum Gasteiger partial charge on any atom is 0 e. The molecule has 4 nitrogen and oxygen atoms in total. The van der Waals surface area contributed by atoms with Crippen LogP contribution in [0.5, 0.6) is 0 Å². The van der Waals surface area contributed by atoms with Crippen LogP contribution >= 0.6 is 0 Å². The van der Waals surface area contributed by atoms with E-state index in [1.807, 2.05) is 0 Å². The molecule has 0 aliphatic carbocycles. The third kappa shape index (κ3) is 120. The van der Waals surface area contributed by atoms with E-state index in [0.29, 0.717) is 0 Å². The maximum absolute atomic E-state index is 8.36. The molecule has 0 rings (SSSR count). The van der Waals surface area contributed by atoms with Gasteiger partial charge < -0.3 is 5.21 Å². The number of hydrogen-bond acceptors (Lipinski definition) is 2. The molecule has 0 bridgehead atoms. The molecule has 32 valence electrons. The van der Waals surface area contributed by atoms with Crippen molar-refractivity contribution in [2.75, 3.05) is 0 Å². The van der Waals surface area contributed by atoms with Gasteiger partial charge in [-0.15, -0.1) is 10.1 Å². The Bertz CT molecular complexity index is 33.8. The van der Waals surface area contributed by atoms with Crippen LogP contribution in [0, 0.1) is 10.1 Å². The van der Waals surface area contributed by atoms with E-state index in [-0.39, 0.29) is 46.8 Å². The van der Waals surface area contributed by atoms with Gasteiger partial charge in [0.25, 0.3) is 5.09 Å². The molecular weight excluding hydrogens is 335 g/mol. The molecule has 6 heteroatoms. The van der Waals surface area contributed by atoms with E-state index in [0.717, 1.165) is 0 Å². The number of nitrogens with zero attached hydrogens (tertiary/aromatic N) is 1. The van der Waals surface area contributed by atoms with Gasteiger partial charge in [0.1, 0.15) is 0 Å². The zero-order valence-electron chi connectivity index (χ0n) is 3.13. The summed E-state index contributed by atoms with van der Waals surface area (Å²) in [6.45, 7) is 0. The van der Waals surface area contributed by atoms with Crippen molar-refractivity contribution in [2.45, 2.75) is 0 Å². The van der Waals surface area contributed by atoms with Crippen molar-refractivity contribution in [1.82, 2.24) is 0 Å². The summed E-state index contributed by atoms with van der Waals surface area (Å²) in [4.78, 5) is 8.36. The molecule has 0 aromatic carbocycles. The topological polar surface area (TPSA) is 63.4 Å². The van der Waals surface area contributed by atoms with E-state index in [1.165, 1.54) is 0 Å². The first-order chi connectivity index (χ1) is 1.73. The second-order valence-electron chi connectivity index (χ2n) is 0.238. The van der Waals surface area contributed by atoms with Gasteiger partial charge in [-0.2, -0.15) is 0 Å². The summed E-state index contributed by atoms with van der Waals surface area (Å²) in [5.74, 6) is 0. The second-order valence-corrected chi connectivity index (χ2v) is 0.238. The van der Waals surface area contributed by atoms with Gasteiger partial charge in [-0.25, -0.2) is 0 Å². The smallest absolute Gasteiger partial charge is 0 e. The predicted octanol–water partition coefficient (Wildman–Crippen LogP) is -1.27. The van der Waals surface area contributed by atoms with Gasteiger partial charge in [0.2, 0.25) is 0 Å². The quantitative estimate of drug-likeness (QED) is 0.341. The van der Waals surface area contributed by atoms with E-state index in [1.54, 1.807) is 0 Å². The predicted molar refractivity (Wildman–Crippen MR) is 17.3 cm³/mol. The van der Waals surface area contributed by atoms with Gasteiger partial charge in [0, 0.05) is 19.5 Å². The number of rotatable bonds is 0. The fourth-order valence-corrected chi connectivity index (χ4v) is 0.